The quantitative estimate of drug-likeness (QED) is 0.320. The van der Waals surface area contributed by atoms with Crippen molar-refractivity contribution in [3.05, 3.63) is 101 Å². The van der Waals surface area contributed by atoms with E-state index in [4.69, 9.17) is 0 Å². The first-order valence-corrected chi connectivity index (χ1v) is 13.3. The van der Waals surface area contributed by atoms with Crippen molar-refractivity contribution in [3.63, 3.8) is 0 Å². The summed E-state index contributed by atoms with van der Waals surface area (Å²) >= 11 is 0. The van der Waals surface area contributed by atoms with Crippen LogP contribution in [-0.2, 0) is 12.8 Å². The summed E-state index contributed by atoms with van der Waals surface area (Å²) in [5, 5.41) is 3.07. The molecule has 1 aliphatic rings. The molecule has 0 bridgehead atoms. The van der Waals surface area contributed by atoms with Crippen molar-refractivity contribution in [2.24, 2.45) is 5.92 Å². The number of nitrogens with zero attached hydrogens (tertiary/aromatic N) is 3. The average molecular weight is 513 g/mol. The van der Waals surface area contributed by atoms with Crippen LogP contribution in [0.1, 0.15) is 57.4 Å². The molecule has 1 aliphatic heterocycles. The lowest BCUT2D eigenvalue weighted by molar-refractivity contribution is 0.0899. The van der Waals surface area contributed by atoms with Gasteiger partial charge in [0.1, 0.15) is 17.2 Å². The van der Waals surface area contributed by atoms with Crippen LogP contribution in [0, 0.1) is 18.7 Å². The van der Waals surface area contributed by atoms with Gasteiger partial charge < -0.3 is 10.2 Å². The Kier molecular flexibility index (Phi) is 7.54. The maximum absolute atomic E-state index is 13.2. The van der Waals surface area contributed by atoms with E-state index in [1.807, 2.05) is 36.6 Å². The molecule has 0 spiro atoms. The molecule has 0 atom stereocenters. The second-order valence-electron chi connectivity index (χ2n) is 10.0. The Labute approximate surface area is 222 Å². The first-order valence-electron chi connectivity index (χ1n) is 13.3. The van der Waals surface area contributed by atoms with E-state index in [1.54, 1.807) is 12.1 Å². The fourth-order valence-electron chi connectivity index (χ4n) is 5.21. The lowest BCUT2D eigenvalue weighted by Gasteiger charge is -2.33. The van der Waals surface area contributed by atoms with Gasteiger partial charge in [-0.2, -0.15) is 0 Å². The summed E-state index contributed by atoms with van der Waals surface area (Å²) in [6.07, 6.45) is 4.95. The van der Waals surface area contributed by atoms with Crippen LogP contribution in [0.25, 0.3) is 5.65 Å². The lowest BCUT2D eigenvalue weighted by atomic mass is 9.88. The molecule has 1 amide bonds. The number of benzene rings is 2. The minimum atomic E-state index is -0.324. The fourth-order valence-corrected chi connectivity index (χ4v) is 5.21. The Morgan fingerprint density at radius 3 is 2.39 bits per heavy atom. The molecule has 1 fully saturated rings. The Balaban J connectivity index is 1.13. The van der Waals surface area contributed by atoms with Crippen molar-refractivity contribution in [1.29, 1.82) is 0 Å². The molecule has 2 aromatic heterocycles. The zero-order valence-corrected chi connectivity index (χ0v) is 21.9. The maximum atomic E-state index is 13.2. The van der Waals surface area contributed by atoms with E-state index < -0.39 is 0 Å². The number of hydrogen-bond acceptors (Lipinski definition) is 4. The molecule has 3 heterocycles. The summed E-state index contributed by atoms with van der Waals surface area (Å²) in [6.45, 7) is 6.18. The summed E-state index contributed by atoms with van der Waals surface area (Å²) in [7, 11) is 0. The zero-order chi connectivity index (χ0) is 26.6. The number of fused-ring (bicyclic) bond motifs is 1. The minimum Gasteiger partial charge on any atom is -0.371 e. The second-order valence-corrected chi connectivity index (χ2v) is 10.0. The summed E-state index contributed by atoms with van der Waals surface area (Å²) in [5.74, 6) is -0.346. The maximum Gasteiger partial charge on any atom is 0.270 e. The molecule has 196 valence electrons. The van der Waals surface area contributed by atoms with E-state index in [9.17, 15) is 14.0 Å². The van der Waals surface area contributed by atoms with Gasteiger partial charge in [0.2, 0.25) is 0 Å². The number of Topliss-reactive ketones (excluding diaryl/α,β-unsaturated/α-hetero) is 1. The first kappa shape index (κ1) is 25.6. The highest BCUT2D eigenvalue weighted by atomic mass is 19.1. The number of anilines is 1. The van der Waals surface area contributed by atoms with Crippen LogP contribution >= 0.6 is 0 Å². The van der Waals surface area contributed by atoms with Gasteiger partial charge >= 0.3 is 0 Å². The van der Waals surface area contributed by atoms with Gasteiger partial charge in [-0.3, -0.25) is 14.0 Å². The SMILES string of the molecule is CCc1nc2ccc(C)cn2c1C(=O)NCCc1ccc(N2CCC(C(=O)c3ccc(F)cc3)CC2)cc1. The molecule has 0 saturated carbocycles. The molecule has 0 aliphatic carbocycles. The smallest absolute Gasteiger partial charge is 0.270 e. The average Bonchev–Trinajstić information content (AvgIpc) is 3.31. The summed E-state index contributed by atoms with van der Waals surface area (Å²) in [6, 6.07) is 18.2. The molecule has 6 nitrogen and oxygen atoms in total. The van der Waals surface area contributed by atoms with Crippen LogP contribution in [-0.4, -0.2) is 40.7 Å². The molecular weight excluding hydrogens is 479 g/mol. The minimum absolute atomic E-state index is 0.0235. The number of halogens is 1. The van der Waals surface area contributed by atoms with Gasteiger partial charge in [0.15, 0.2) is 5.78 Å². The number of nitrogens with one attached hydrogen (secondary N) is 1. The van der Waals surface area contributed by atoms with E-state index in [0.717, 1.165) is 60.5 Å². The molecule has 0 radical (unpaired) electrons. The van der Waals surface area contributed by atoms with Crippen molar-refractivity contribution >= 4 is 23.0 Å². The standard InChI is InChI=1S/C31H33FN4O2/c1-3-27-29(36-20-21(2)4-13-28(36)34-27)31(38)33-17-14-22-5-11-26(12-6-22)35-18-15-24(16-19-35)30(37)23-7-9-25(32)10-8-23/h4-13,20,24H,3,14-19H2,1-2H3,(H,33,38). The molecule has 1 saturated heterocycles. The highest BCUT2D eigenvalue weighted by molar-refractivity contribution is 5.98. The number of imidazole rings is 1. The highest BCUT2D eigenvalue weighted by Gasteiger charge is 2.26. The number of aromatic nitrogens is 2. The van der Waals surface area contributed by atoms with Gasteiger partial charge in [0.05, 0.1) is 5.69 Å². The molecule has 1 N–H and O–H groups in total. The predicted molar refractivity (Wildman–Crippen MR) is 147 cm³/mol. The van der Waals surface area contributed by atoms with Gasteiger partial charge in [-0.1, -0.05) is 25.1 Å². The van der Waals surface area contributed by atoms with Gasteiger partial charge in [-0.05, 0) is 86.2 Å². The van der Waals surface area contributed by atoms with Gasteiger partial charge in [0.25, 0.3) is 5.91 Å². The first-order chi connectivity index (χ1) is 18.4. The number of ketones is 1. The molecule has 5 rings (SSSR count). The predicted octanol–water partition coefficient (Wildman–Crippen LogP) is 5.42. The molecule has 38 heavy (non-hydrogen) atoms. The Bertz CT molecular complexity index is 1440. The van der Waals surface area contributed by atoms with E-state index in [2.05, 4.69) is 39.5 Å². The van der Waals surface area contributed by atoms with E-state index >= 15 is 0 Å². The molecule has 0 unspecified atom stereocenters. The van der Waals surface area contributed by atoms with E-state index in [1.165, 1.54) is 12.1 Å². The van der Waals surface area contributed by atoms with Crippen molar-refractivity contribution in [1.82, 2.24) is 14.7 Å². The highest BCUT2D eigenvalue weighted by Crippen LogP contribution is 2.26. The topological polar surface area (TPSA) is 66.7 Å². The number of piperidine rings is 1. The van der Waals surface area contributed by atoms with Crippen molar-refractivity contribution in [2.75, 3.05) is 24.5 Å². The molecule has 2 aromatic carbocycles. The zero-order valence-electron chi connectivity index (χ0n) is 21.9. The third-order valence-electron chi connectivity index (χ3n) is 7.38. The Morgan fingerprint density at radius 1 is 1.00 bits per heavy atom. The Hall–Kier alpha value is -4.00. The number of hydrogen-bond donors (Lipinski definition) is 1. The molecule has 4 aromatic rings. The number of carbonyl (C=O) groups is 2. The van der Waals surface area contributed by atoms with Crippen LogP contribution in [0.15, 0.2) is 66.9 Å². The largest absolute Gasteiger partial charge is 0.371 e. The summed E-state index contributed by atoms with van der Waals surface area (Å²) in [5.41, 5.74) is 6.17. The van der Waals surface area contributed by atoms with Crippen molar-refractivity contribution in [2.45, 2.75) is 39.5 Å². The van der Waals surface area contributed by atoms with Crippen LogP contribution in [0.3, 0.4) is 0 Å². The van der Waals surface area contributed by atoms with Crippen LogP contribution < -0.4 is 10.2 Å². The van der Waals surface area contributed by atoms with Crippen molar-refractivity contribution in [3.8, 4) is 0 Å². The summed E-state index contributed by atoms with van der Waals surface area (Å²) in [4.78, 5) is 32.7. The second kappa shape index (κ2) is 11.2. The third kappa shape index (κ3) is 5.47. The lowest BCUT2D eigenvalue weighted by Crippen LogP contribution is -2.36. The summed E-state index contributed by atoms with van der Waals surface area (Å²) < 4.78 is 15.1. The normalized spacial score (nSPS) is 14.1. The molecular formula is C31H33FN4O2. The number of rotatable bonds is 8. The van der Waals surface area contributed by atoms with Crippen LogP contribution in [0.4, 0.5) is 10.1 Å². The van der Waals surface area contributed by atoms with E-state index in [-0.39, 0.29) is 23.4 Å². The molecule has 7 heteroatoms. The van der Waals surface area contributed by atoms with Crippen molar-refractivity contribution < 1.29 is 14.0 Å². The van der Waals surface area contributed by atoms with Crippen LogP contribution in [0.2, 0.25) is 0 Å². The third-order valence-corrected chi connectivity index (χ3v) is 7.38. The van der Waals surface area contributed by atoms with E-state index in [0.29, 0.717) is 24.2 Å². The van der Waals surface area contributed by atoms with Gasteiger partial charge in [0, 0.05) is 43.0 Å². The fraction of sp³-hybridized carbons (Fsp3) is 0.323. The van der Waals surface area contributed by atoms with Crippen LogP contribution in [0.5, 0.6) is 0 Å². The number of carbonyl (C=O) groups excluding carboxylic acids is 2. The van der Waals surface area contributed by atoms with Gasteiger partial charge in [-0.25, -0.2) is 9.37 Å². The monoisotopic (exact) mass is 512 g/mol. The number of aryl methyl sites for hydroxylation is 2. The van der Waals surface area contributed by atoms with Gasteiger partial charge in [-0.15, -0.1) is 0 Å². The number of amides is 1. The Morgan fingerprint density at radius 2 is 1.71 bits per heavy atom. The number of pyridine rings is 1.